The third-order valence-electron chi connectivity index (χ3n) is 4.79. The second kappa shape index (κ2) is 14.2. The first-order valence-corrected chi connectivity index (χ1v) is 10.2. The molecule has 2 rings (SSSR count). The van der Waals surface area contributed by atoms with E-state index in [2.05, 4.69) is 38.6 Å². The molecule has 0 saturated carbocycles. The summed E-state index contributed by atoms with van der Waals surface area (Å²) in [5, 5.41) is 3.30. The lowest BCUT2D eigenvalue weighted by molar-refractivity contribution is -0.131. The van der Waals surface area contributed by atoms with E-state index < -0.39 is 0 Å². The van der Waals surface area contributed by atoms with Gasteiger partial charge in [0.15, 0.2) is 5.96 Å². The predicted octanol–water partition coefficient (Wildman–Crippen LogP) is 2.60. The Balaban J connectivity index is 0.00000420. The Kier molecular flexibility index (Phi) is 12.3. The van der Waals surface area contributed by atoms with Gasteiger partial charge < -0.3 is 20.0 Å². The van der Waals surface area contributed by atoms with E-state index in [4.69, 9.17) is 0 Å². The number of rotatable bonds is 9. The molecule has 1 aliphatic rings. The molecule has 2 heterocycles. The fourth-order valence-electron chi connectivity index (χ4n) is 3.19. The Hall–Kier alpha value is -1.84. The maximum atomic E-state index is 12.5. The number of hydrogen-bond donors (Lipinski definition) is 1. The topological polar surface area (TPSA) is 64.1 Å². The van der Waals surface area contributed by atoms with Crippen LogP contribution in [0.4, 0.5) is 5.82 Å². The number of pyridine rings is 1. The number of halogens is 1. The molecule has 0 bridgehead atoms. The molecule has 0 aromatic carbocycles. The van der Waals surface area contributed by atoms with Crippen LogP contribution in [0.2, 0.25) is 0 Å². The number of allylic oxidation sites excluding steroid dienone is 1. The molecule has 0 radical (unpaired) electrons. The highest BCUT2D eigenvalue weighted by atomic mass is 127. The SMILES string of the molecule is C=CCCCN(C)C(=NCCC(=O)N1CCN(c2ccccn2)CC1)NCC.I. The van der Waals surface area contributed by atoms with Gasteiger partial charge in [0.1, 0.15) is 5.82 Å². The highest BCUT2D eigenvalue weighted by molar-refractivity contribution is 14.0. The standard InChI is InChI=1S/C21H34N6O.HI/c1-4-6-9-14-25(3)21(22-5-2)24-13-11-20(28)27-17-15-26(16-18-27)19-10-7-8-12-23-19;/h4,7-8,10,12H,1,5-6,9,11,13-18H2,2-3H3,(H,22,24);1H. The van der Waals surface area contributed by atoms with Gasteiger partial charge in [0, 0.05) is 58.9 Å². The molecule has 29 heavy (non-hydrogen) atoms. The fourth-order valence-corrected chi connectivity index (χ4v) is 3.19. The zero-order chi connectivity index (χ0) is 20.2. The highest BCUT2D eigenvalue weighted by Crippen LogP contribution is 2.13. The van der Waals surface area contributed by atoms with Crippen LogP contribution < -0.4 is 10.2 Å². The number of nitrogens with zero attached hydrogens (tertiary/aromatic N) is 5. The third-order valence-corrected chi connectivity index (χ3v) is 4.79. The highest BCUT2D eigenvalue weighted by Gasteiger charge is 2.21. The van der Waals surface area contributed by atoms with Crippen LogP contribution in [0.3, 0.4) is 0 Å². The number of nitrogens with one attached hydrogen (secondary N) is 1. The number of aliphatic imine (C=N–C) groups is 1. The number of anilines is 1. The van der Waals surface area contributed by atoms with Gasteiger partial charge in [0.05, 0.1) is 6.54 Å². The van der Waals surface area contributed by atoms with Gasteiger partial charge in [0.2, 0.25) is 5.91 Å². The van der Waals surface area contributed by atoms with Crippen molar-refractivity contribution < 1.29 is 4.79 Å². The maximum Gasteiger partial charge on any atom is 0.224 e. The van der Waals surface area contributed by atoms with Crippen molar-refractivity contribution in [2.24, 2.45) is 4.99 Å². The Bertz CT molecular complexity index is 631. The normalized spacial score (nSPS) is 14.2. The lowest BCUT2D eigenvalue weighted by atomic mass is 10.2. The molecule has 0 aliphatic carbocycles. The number of hydrogen-bond acceptors (Lipinski definition) is 4. The summed E-state index contributed by atoms with van der Waals surface area (Å²) in [7, 11) is 2.03. The monoisotopic (exact) mass is 514 g/mol. The molecular formula is C21H35IN6O. The second-order valence-corrected chi connectivity index (χ2v) is 6.89. The summed E-state index contributed by atoms with van der Waals surface area (Å²) in [6.07, 6.45) is 6.22. The Morgan fingerprint density at radius 1 is 1.34 bits per heavy atom. The summed E-state index contributed by atoms with van der Waals surface area (Å²) in [4.78, 5) is 27.8. The molecule has 1 N–H and O–H groups in total. The van der Waals surface area contributed by atoms with E-state index in [0.29, 0.717) is 13.0 Å². The molecule has 1 aromatic rings. The zero-order valence-corrected chi connectivity index (χ0v) is 20.0. The molecule has 7 nitrogen and oxygen atoms in total. The summed E-state index contributed by atoms with van der Waals surface area (Å²) in [5.41, 5.74) is 0. The predicted molar refractivity (Wildman–Crippen MR) is 131 cm³/mol. The summed E-state index contributed by atoms with van der Waals surface area (Å²) in [6, 6.07) is 5.93. The molecule has 1 fully saturated rings. The maximum absolute atomic E-state index is 12.5. The first-order chi connectivity index (χ1) is 13.7. The van der Waals surface area contributed by atoms with Crippen LogP contribution in [-0.4, -0.2) is 79.5 Å². The number of carbonyl (C=O) groups excluding carboxylic acids is 1. The average Bonchev–Trinajstić information content (AvgIpc) is 2.74. The van der Waals surface area contributed by atoms with Gasteiger partial charge in [-0.25, -0.2) is 4.98 Å². The van der Waals surface area contributed by atoms with Crippen molar-refractivity contribution in [1.29, 1.82) is 0 Å². The van der Waals surface area contributed by atoms with E-state index in [1.165, 1.54) is 0 Å². The van der Waals surface area contributed by atoms with Crippen molar-refractivity contribution >= 4 is 41.7 Å². The van der Waals surface area contributed by atoms with E-state index in [-0.39, 0.29) is 29.9 Å². The van der Waals surface area contributed by atoms with E-state index in [0.717, 1.165) is 63.9 Å². The van der Waals surface area contributed by atoms with Crippen LogP contribution in [0.5, 0.6) is 0 Å². The molecule has 1 aliphatic heterocycles. The lowest BCUT2D eigenvalue weighted by Gasteiger charge is -2.35. The quantitative estimate of drug-likeness (QED) is 0.181. The lowest BCUT2D eigenvalue weighted by Crippen LogP contribution is -2.49. The van der Waals surface area contributed by atoms with Gasteiger partial charge in [-0.3, -0.25) is 9.79 Å². The molecule has 1 amide bonds. The Morgan fingerprint density at radius 2 is 2.10 bits per heavy atom. The molecule has 0 atom stereocenters. The van der Waals surface area contributed by atoms with Crippen molar-refractivity contribution in [3.63, 3.8) is 0 Å². The number of amides is 1. The van der Waals surface area contributed by atoms with Crippen LogP contribution in [0.15, 0.2) is 42.0 Å². The summed E-state index contributed by atoms with van der Waals surface area (Å²) in [6.45, 7) is 11.2. The molecule has 162 valence electrons. The van der Waals surface area contributed by atoms with Gasteiger partial charge in [-0.05, 0) is 31.9 Å². The van der Waals surface area contributed by atoms with Crippen LogP contribution in [0.25, 0.3) is 0 Å². The number of piperazine rings is 1. The molecule has 0 unspecified atom stereocenters. The largest absolute Gasteiger partial charge is 0.357 e. The fraction of sp³-hybridized carbons (Fsp3) is 0.571. The van der Waals surface area contributed by atoms with Crippen LogP contribution in [0.1, 0.15) is 26.2 Å². The van der Waals surface area contributed by atoms with Gasteiger partial charge >= 0.3 is 0 Å². The van der Waals surface area contributed by atoms with Crippen LogP contribution >= 0.6 is 24.0 Å². The number of unbranched alkanes of at least 4 members (excludes halogenated alkanes) is 1. The van der Waals surface area contributed by atoms with Gasteiger partial charge in [0.25, 0.3) is 0 Å². The van der Waals surface area contributed by atoms with E-state index >= 15 is 0 Å². The van der Waals surface area contributed by atoms with Crippen LogP contribution in [-0.2, 0) is 4.79 Å². The molecular weight excluding hydrogens is 479 g/mol. The minimum atomic E-state index is 0. The first-order valence-electron chi connectivity index (χ1n) is 10.2. The average molecular weight is 514 g/mol. The van der Waals surface area contributed by atoms with Crippen molar-refractivity contribution in [2.75, 3.05) is 57.8 Å². The van der Waals surface area contributed by atoms with E-state index in [1.807, 2.05) is 36.2 Å². The summed E-state index contributed by atoms with van der Waals surface area (Å²) in [5.74, 6) is 2.02. The van der Waals surface area contributed by atoms with Gasteiger partial charge in [-0.1, -0.05) is 12.1 Å². The minimum Gasteiger partial charge on any atom is -0.357 e. The van der Waals surface area contributed by atoms with E-state index in [9.17, 15) is 4.79 Å². The van der Waals surface area contributed by atoms with Crippen molar-refractivity contribution in [2.45, 2.75) is 26.2 Å². The Morgan fingerprint density at radius 3 is 2.72 bits per heavy atom. The Labute approximate surface area is 192 Å². The molecule has 1 aromatic heterocycles. The summed E-state index contributed by atoms with van der Waals surface area (Å²) < 4.78 is 0. The zero-order valence-electron chi connectivity index (χ0n) is 17.7. The second-order valence-electron chi connectivity index (χ2n) is 6.89. The number of carbonyl (C=O) groups is 1. The van der Waals surface area contributed by atoms with Crippen molar-refractivity contribution in [3.05, 3.63) is 37.1 Å². The first kappa shape index (κ1) is 25.2. The molecule has 1 saturated heterocycles. The van der Waals surface area contributed by atoms with Gasteiger partial charge in [-0.2, -0.15) is 0 Å². The van der Waals surface area contributed by atoms with Crippen LogP contribution in [0, 0.1) is 0 Å². The molecule has 8 heteroatoms. The minimum absolute atomic E-state index is 0. The third kappa shape index (κ3) is 8.59. The summed E-state index contributed by atoms with van der Waals surface area (Å²) >= 11 is 0. The number of aromatic nitrogens is 1. The van der Waals surface area contributed by atoms with Crippen molar-refractivity contribution in [3.8, 4) is 0 Å². The van der Waals surface area contributed by atoms with Crippen molar-refractivity contribution in [1.82, 2.24) is 20.1 Å². The van der Waals surface area contributed by atoms with E-state index in [1.54, 1.807) is 6.20 Å². The smallest absolute Gasteiger partial charge is 0.224 e. The molecule has 0 spiro atoms. The number of guanidine groups is 1. The van der Waals surface area contributed by atoms with Gasteiger partial charge in [-0.15, -0.1) is 30.6 Å².